The Morgan fingerprint density at radius 1 is 1.16 bits per heavy atom. The van der Waals surface area contributed by atoms with Crippen molar-refractivity contribution in [3.05, 3.63) is 34.9 Å². The molecule has 0 unspecified atom stereocenters. The van der Waals surface area contributed by atoms with Gasteiger partial charge in [-0.25, -0.2) is 4.99 Å². The third kappa shape index (κ3) is 4.36. The Morgan fingerprint density at radius 2 is 1.72 bits per heavy atom. The standard InChI is InChI=1S/C20H31ClN2O2/c1-13(2)16-12-25-18(22-16)20(6,7)17(23(24)19(3,4)5)14-8-10-15(21)11-9-14/h8-11,13,16-17,24H,12H2,1-7H3/t16-,17+/m1/s1. The summed E-state index contributed by atoms with van der Waals surface area (Å²) in [7, 11) is 0. The molecule has 1 N–H and O–H groups in total. The third-order valence-corrected chi connectivity index (χ3v) is 5.05. The number of hydrogen-bond acceptors (Lipinski definition) is 4. The summed E-state index contributed by atoms with van der Waals surface area (Å²) in [6.45, 7) is 15.0. The Labute approximate surface area is 156 Å². The van der Waals surface area contributed by atoms with E-state index in [9.17, 15) is 5.21 Å². The molecule has 4 nitrogen and oxygen atoms in total. The zero-order valence-corrected chi connectivity index (χ0v) is 17.1. The molecule has 0 aliphatic carbocycles. The summed E-state index contributed by atoms with van der Waals surface area (Å²) in [5.74, 6) is 1.13. The van der Waals surface area contributed by atoms with Gasteiger partial charge in [0.05, 0.1) is 17.5 Å². The minimum atomic E-state index is -0.500. The molecule has 0 saturated heterocycles. The summed E-state index contributed by atoms with van der Waals surface area (Å²) in [4.78, 5) is 4.82. The van der Waals surface area contributed by atoms with Crippen molar-refractivity contribution in [3.8, 4) is 0 Å². The highest BCUT2D eigenvalue weighted by Crippen LogP contribution is 2.43. The van der Waals surface area contributed by atoms with Crippen molar-refractivity contribution in [3.63, 3.8) is 0 Å². The van der Waals surface area contributed by atoms with Gasteiger partial charge in [-0.3, -0.25) is 0 Å². The molecule has 0 spiro atoms. The number of aliphatic imine (C=N–C) groups is 1. The number of hydrogen-bond donors (Lipinski definition) is 1. The van der Waals surface area contributed by atoms with Crippen molar-refractivity contribution in [1.29, 1.82) is 0 Å². The Balaban J connectivity index is 2.47. The van der Waals surface area contributed by atoms with E-state index in [1.165, 1.54) is 5.06 Å². The minimum Gasteiger partial charge on any atom is -0.478 e. The van der Waals surface area contributed by atoms with E-state index >= 15 is 0 Å². The van der Waals surface area contributed by atoms with Crippen LogP contribution < -0.4 is 0 Å². The van der Waals surface area contributed by atoms with Crippen LogP contribution in [0.25, 0.3) is 0 Å². The Hall–Kier alpha value is -1.10. The van der Waals surface area contributed by atoms with Crippen LogP contribution in [0.1, 0.15) is 60.1 Å². The number of benzene rings is 1. The summed E-state index contributed by atoms with van der Waals surface area (Å²) in [5, 5.41) is 13.1. The third-order valence-electron chi connectivity index (χ3n) is 4.80. The SMILES string of the molecule is CC(C)[C@H]1COC(C(C)(C)[C@H](c2ccc(Cl)cc2)N(O)C(C)(C)C)=N1. The van der Waals surface area contributed by atoms with Crippen LogP contribution in [0.2, 0.25) is 5.02 Å². The molecule has 5 heteroatoms. The molecule has 0 amide bonds. The van der Waals surface area contributed by atoms with Crippen LogP contribution in [0.5, 0.6) is 0 Å². The van der Waals surface area contributed by atoms with Gasteiger partial charge in [-0.15, -0.1) is 0 Å². The van der Waals surface area contributed by atoms with E-state index in [-0.39, 0.29) is 12.1 Å². The Morgan fingerprint density at radius 3 is 2.16 bits per heavy atom. The highest BCUT2D eigenvalue weighted by atomic mass is 35.5. The molecule has 140 valence electrons. The van der Waals surface area contributed by atoms with Gasteiger partial charge in [0.15, 0.2) is 5.90 Å². The predicted octanol–water partition coefficient (Wildman–Crippen LogP) is 5.35. The fraction of sp³-hybridized carbons (Fsp3) is 0.650. The molecule has 1 aliphatic rings. The van der Waals surface area contributed by atoms with Crippen LogP contribution in [0.15, 0.2) is 29.3 Å². The van der Waals surface area contributed by atoms with Crippen LogP contribution in [0.4, 0.5) is 0 Å². The van der Waals surface area contributed by atoms with E-state index < -0.39 is 11.0 Å². The van der Waals surface area contributed by atoms with Crippen LogP contribution in [-0.2, 0) is 4.74 Å². The molecule has 2 rings (SSSR count). The largest absolute Gasteiger partial charge is 0.478 e. The van der Waals surface area contributed by atoms with Gasteiger partial charge in [-0.1, -0.05) is 37.6 Å². The van der Waals surface area contributed by atoms with Crippen molar-refractivity contribution in [2.75, 3.05) is 6.61 Å². The second kappa shape index (κ2) is 7.26. The zero-order valence-electron chi connectivity index (χ0n) is 16.4. The lowest BCUT2D eigenvalue weighted by molar-refractivity contribution is -0.207. The normalized spacial score (nSPS) is 20.0. The monoisotopic (exact) mass is 366 g/mol. The van der Waals surface area contributed by atoms with Crippen molar-refractivity contribution in [2.24, 2.45) is 16.3 Å². The van der Waals surface area contributed by atoms with E-state index in [0.29, 0.717) is 23.4 Å². The first-order chi connectivity index (χ1) is 11.4. The van der Waals surface area contributed by atoms with Gasteiger partial charge in [0.2, 0.25) is 0 Å². The van der Waals surface area contributed by atoms with Gasteiger partial charge < -0.3 is 9.94 Å². The van der Waals surface area contributed by atoms with E-state index in [4.69, 9.17) is 21.3 Å². The summed E-state index contributed by atoms with van der Waals surface area (Å²) in [6.07, 6.45) is 0. The first kappa shape index (κ1) is 20.2. The van der Waals surface area contributed by atoms with Gasteiger partial charge in [-0.2, -0.15) is 5.06 Å². The Kier molecular flexibility index (Phi) is 5.87. The number of ether oxygens (including phenoxy) is 1. The lowest BCUT2D eigenvalue weighted by atomic mass is 9.78. The molecule has 0 fully saturated rings. The average molecular weight is 367 g/mol. The van der Waals surface area contributed by atoms with Gasteiger partial charge >= 0.3 is 0 Å². The van der Waals surface area contributed by atoms with E-state index in [1.807, 2.05) is 45.0 Å². The van der Waals surface area contributed by atoms with Crippen LogP contribution in [-0.4, -0.2) is 34.4 Å². The fourth-order valence-electron chi connectivity index (χ4n) is 3.10. The maximum absolute atomic E-state index is 11.0. The number of halogens is 1. The predicted molar refractivity (Wildman–Crippen MR) is 103 cm³/mol. The number of nitrogens with zero attached hydrogens (tertiary/aromatic N) is 2. The van der Waals surface area contributed by atoms with E-state index in [1.54, 1.807) is 0 Å². The molecule has 1 aliphatic heterocycles. The highest BCUT2D eigenvalue weighted by molar-refractivity contribution is 6.30. The first-order valence-corrected chi connectivity index (χ1v) is 9.27. The summed E-state index contributed by atoms with van der Waals surface area (Å²) in [6, 6.07) is 7.48. The molecule has 1 aromatic rings. The molecule has 1 aromatic carbocycles. The molecule has 1 heterocycles. The molecule has 2 atom stereocenters. The van der Waals surface area contributed by atoms with Gasteiger partial charge in [-0.05, 0) is 58.2 Å². The topological polar surface area (TPSA) is 45.1 Å². The second-order valence-electron chi connectivity index (χ2n) is 8.75. The van der Waals surface area contributed by atoms with Crippen LogP contribution in [0.3, 0.4) is 0 Å². The molecule has 0 radical (unpaired) electrons. The minimum absolute atomic E-state index is 0.168. The van der Waals surface area contributed by atoms with Gasteiger partial charge in [0.25, 0.3) is 0 Å². The second-order valence-corrected chi connectivity index (χ2v) is 9.18. The summed E-state index contributed by atoms with van der Waals surface area (Å²) < 4.78 is 5.97. The lowest BCUT2D eigenvalue weighted by Gasteiger charge is -2.44. The van der Waals surface area contributed by atoms with Crippen molar-refractivity contribution in [1.82, 2.24) is 5.06 Å². The zero-order chi connectivity index (χ0) is 19.0. The number of rotatable bonds is 5. The highest BCUT2D eigenvalue weighted by Gasteiger charge is 2.46. The maximum Gasteiger partial charge on any atom is 0.191 e. The summed E-state index contributed by atoms with van der Waals surface area (Å²) in [5.41, 5.74) is 0.0450. The Bertz CT molecular complexity index is 618. The quantitative estimate of drug-likeness (QED) is 0.714. The lowest BCUT2D eigenvalue weighted by Crippen LogP contribution is -2.49. The maximum atomic E-state index is 11.0. The fourth-order valence-corrected chi connectivity index (χ4v) is 3.22. The number of hydroxylamine groups is 2. The smallest absolute Gasteiger partial charge is 0.191 e. The molecule has 0 saturated carbocycles. The first-order valence-electron chi connectivity index (χ1n) is 8.89. The summed E-state index contributed by atoms with van der Waals surface area (Å²) >= 11 is 6.06. The van der Waals surface area contributed by atoms with Crippen LogP contribution in [0, 0.1) is 11.3 Å². The van der Waals surface area contributed by atoms with E-state index in [2.05, 4.69) is 27.7 Å². The van der Waals surface area contributed by atoms with Crippen molar-refractivity contribution in [2.45, 2.75) is 66.1 Å². The molecular formula is C20H31ClN2O2. The van der Waals surface area contributed by atoms with Crippen molar-refractivity contribution < 1.29 is 9.94 Å². The molecule has 0 bridgehead atoms. The van der Waals surface area contributed by atoms with Gasteiger partial charge in [0.1, 0.15) is 6.61 Å². The van der Waals surface area contributed by atoms with Crippen LogP contribution >= 0.6 is 11.6 Å². The molecule has 25 heavy (non-hydrogen) atoms. The van der Waals surface area contributed by atoms with Crippen molar-refractivity contribution >= 4 is 17.5 Å². The molecular weight excluding hydrogens is 336 g/mol. The van der Waals surface area contributed by atoms with E-state index in [0.717, 1.165) is 5.56 Å². The average Bonchev–Trinajstić information content (AvgIpc) is 2.99. The molecule has 0 aromatic heterocycles. The van der Waals surface area contributed by atoms with Gasteiger partial charge in [0, 0.05) is 10.6 Å².